The number of nitrogens with one attached hydrogen (secondary N) is 1. The van der Waals surface area contributed by atoms with Gasteiger partial charge in [-0.1, -0.05) is 18.2 Å². The van der Waals surface area contributed by atoms with Crippen molar-refractivity contribution in [1.82, 2.24) is 0 Å². The minimum absolute atomic E-state index is 0.00471. The second-order valence-corrected chi connectivity index (χ2v) is 4.04. The molecule has 0 saturated carbocycles. The second-order valence-electron chi connectivity index (χ2n) is 4.04. The molecule has 0 fully saturated rings. The number of anilines is 1. The van der Waals surface area contributed by atoms with E-state index < -0.39 is 10.7 Å². The van der Waals surface area contributed by atoms with Gasteiger partial charge in [-0.05, 0) is 30.2 Å². The van der Waals surface area contributed by atoms with Gasteiger partial charge in [-0.2, -0.15) is 0 Å². The lowest BCUT2D eigenvalue weighted by Gasteiger charge is -2.09. The third kappa shape index (κ3) is 2.38. The van der Waals surface area contributed by atoms with Gasteiger partial charge in [0.15, 0.2) is 0 Å². The molecule has 2 aromatic carbocycles. The van der Waals surface area contributed by atoms with Crippen molar-refractivity contribution in [3.8, 4) is 11.1 Å². The highest BCUT2D eigenvalue weighted by Gasteiger charge is 2.19. The van der Waals surface area contributed by atoms with Crippen LogP contribution >= 0.6 is 0 Å². The quantitative estimate of drug-likeness (QED) is 0.655. The van der Waals surface area contributed by atoms with Crippen molar-refractivity contribution >= 4 is 11.4 Å². The lowest BCUT2D eigenvalue weighted by Crippen LogP contribution is -2.00. The van der Waals surface area contributed by atoms with Crippen molar-refractivity contribution < 1.29 is 14.5 Å². The van der Waals surface area contributed by atoms with E-state index in [0.29, 0.717) is 11.1 Å². The molecule has 0 radical (unpaired) electrons. The monoisotopic (exact) mass is 262 g/mol. The van der Waals surface area contributed by atoms with Gasteiger partial charge >= 0.3 is 0 Å². The van der Waals surface area contributed by atoms with Gasteiger partial charge in [-0.25, -0.2) is 4.39 Å². The smallest absolute Gasteiger partial charge is 0.291 e. The van der Waals surface area contributed by atoms with Crippen LogP contribution in [0.25, 0.3) is 11.1 Å². The molecule has 0 amide bonds. The Morgan fingerprint density at radius 3 is 2.58 bits per heavy atom. The van der Waals surface area contributed by atoms with Crippen LogP contribution in [0.1, 0.15) is 5.56 Å². The second kappa shape index (κ2) is 5.03. The van der Waals surface area contributed by atoms with E-state index in [1.165, 1.54) is 12.1 Å². The molecule has 0 aliphatic carbocycles. The standard InChI is InChI=1S/C13H11FN2O3/c1-8-6-9(10-4-2-3-5-11(10)14)7-12(16(18)19)13(8)15-17/h2-7,15,17H,1H3. The predicted molar refractivity (Wildman–Crippen MR) is 68.6 cm³/mol. The molecule has 2 rings (SSSR count). The topological polar surface area (TPSA) is 75.4 Å². The molecule has 0 unspecified atom stereocenters. The van der Waals surface area contributed by atoms with Crippen LogP contribution in [0.3, 0.4) is 0 Å². The molecule has 0 saturated heterocycles. The van der Waals surface area contributed by atoms with Gasteiger partial charge in [-0.15, -0.1) is 0 Å². The average molecular weight is 262 g/mol. The van der Waals surface area contributed by atoms with Crippen molar-refractivity contribution in [2.45, 2.75) is 6.92 Å². The Labute approximate surface area is 108 Å². The molecule has 0 aliphatic heterocycles. The first-order chi connectivity index (χ1) is 9.04. The Morgan fingerprint density at radius 1 is 1.32 bits per heavy atom. The van der Waals surface area contributed by atoms with Crippen molar-refractivity contribution in [3.63, 3.8) is 0 Å². The van der Waals surface area contributed by atoms with Crippen LogP contribution in [0, 0.1) is 22.9 Å². The summed E-state index contributed by atoms with van der Waals surface area (Å²) in [5, 5.41) is 19.9. The van der Waals surface area contributed by atoms with E-state index in [2.05, 4.69) is 0 Å². The van der Waals surface area contributed by atoms with Crippen LogP contribution in [0.15, 0.2) is 36.4 Å². The molecule has 6 heteroatoms. The molecule has 2 aromatic rings. The summed E-state index contributed by atoms with van der Waals surface area (Å²) in [6, 6.07) is 8.82. The van der Waals surface area contributed by atoms with E-state index in [4.69, 9.17) is 5.21 Å². The lowest BCUT2D eigenvalue weighted by atomic mass is 10.0. The van der Waals surface area contributed by atoms with Crippen molar-refractivity contribution in [2.24, 2.45) is 0 Å². The van der Waals surface area contributed by atoms with Crippen molar-refractivity contribution in [3.05, 3.63) is 57.9 Å². The number of aryl methyl sites for hydroxylation is 1. The van der Waals surface area contributed by atoms with Crippen LogP contribution in [0.5, 0.6) is 0 Å². The molecule has 0 aliphatic rings. The van der Waals surface area contributed by atoms with Gasteiger partial charge in [0.25, 0.3) is 5.69 Å². The maximum absolute atomic E-state index is 13.7. The van der Waals surface area contributed by atoms with Gasteiger partial charge < -0.3 is 0 Å². The van der Waals surface area contributed by atoms with E-state index in [9.17, 15) is 14.5 Å². The number of nitro benzene ring substituents is 1. The third-order valence-electron chi connectivity index (χ3n) is 2.81. The van der Waals surface area contributed by atoms with E-state index in [1.807, 2.05) is 0 Å². The first kappa shape index (κ1) is 13.0. The summed E-state index contributed by atoms with van der Waals surface area (Å²) in [7, 11) is 0. The summed E-state index contributed by atoms with van der Waals surface area (Å²) in [6.07, 6.45) is 0. The van der Waals surface area contributed by atoms with Crippen LogP contribution in [0.4, 0.5) is 15.8 Å². The highest BCUT2D eigenvalue weighted by molar-refractivity contribution is 5.76. The summed E-state index contributed by atoms with van der Waals surface area (Å²) < 4.78 is 13.7. The maximum atomic E-state index is 13.7. The van der Waals surface area contributed by atoms with Crippen LogP contribution in [-0.2, 0) is 0 Å². The summed E-state index contributed by atoms with van der Waals surface area (Å²) in [4.78, 5) is 10.3. The van der Waals surface area contributed by atoms with E-state index in [-0.39, 0.29) is 16.9 Å². The molecule has 0 heterocycles. The normalized spacial score (nSPS) is 10.3. The molecule has 0 aromatic heterocycles. The van der Waals surface area contributed by atoms with Gasteiger partial charge in [-0.3, -0.25) is 20.8 Å². The zero-order chi connectivity index (χ0) is 14.0. The highest BCUT2D eigenvalue weighted by Crippen LogP contribution is 2.34. The van der Waals surface area contributed by atoms with Gasteiger partial charge in [0.1, 0.15) is 11.5 Å². The molecule has 5 nitrogen and oxygen atoms in total. The van der Waals surface area contributed by atoms with Crippen molar-refractivity contribution in [1.29, 1.82) is 0 Å². The molecular weight excluding hydrogens is 251 g/mol. The molecule has 98 valence electrons. The zero-order valence-corrected chi connectivity index (χ0v) is 10.1. The summed E-state index contributed by atoms with van der Waals surface area (Å²) in [5.41, 5.74) is 2.62. The number of hydrogen-bond acceptors (Lipinski definition) is 4. The number of nitrogens with zero attached hydrogens (tertiary/aromatic N) is 1. The Morgan fingerprint density at radius 2 is 2.00 bits per heavy atom. The first-order valence-electron chi connectivity index (χ1n) is 5.48. The lowest BCUT2D eigenvalue weighted by molar-refractivity contribution is -0.384. The van der Waals surface area contributed by atoms with Crippen molar-refractivity contribution in [2.75, 3.05) is 5.48 Å². The fraction of sp³-hybridized carbons (Fsp3) is 0.0769. The SMILES string of the molecule is Cc1cc(-c2ccccc2F)cc([N+](=O)[O-])c1NO. The van der Waals surface area contributed by atoms with E-state index >= 15 is 0 Å². The van der Waals surface area contributed by atoms with Crippen LogP contribution < -0.4 is 5.48 Å². The summed E-state index contributed by atoms with van der Waals surface area (Å²) >= 11 is 0. The summed E-state index contributed by atoms with van der Waals surface area (Å²) in [5.74, 6) is -0.457. The molecule has 0 bridgehead atoms. The minimum Gasteiger partial charge on any atom is -0.291 e. The zero-order valence-electron chi connectivity index (χ0n) is 10.1. The Hall–Kier alpha value is -2.47. The van der Waals surface area contributed by atoms with Gasteiger partial charge in [0, 0.05) is 11.6 Å². The van der Waals surface area contributed by atoms with Gasteiger partial charge in [0.05, 0.1) is 4.92 Å². The Bertz CT molecular complexity index is 644. The number of hydrogen-bond donors (Lipinski definition) is 2. The van der Waals surface area contributed by atoms with Crippen LogP contribution in [0.2, 0.25) is 0 Å². The minimum atomic E-state index is -0.629. The van der Waals surface area contributed by atoms with Gasteiger partial charge in [0.2, 0.25) is 0 Å². The average Bonchev–Trinajstić information content (AvgIpc) is 2.38. The highest BCUT2D eigenvalue weighted by atomic mass is 19.1. The maximum Gasteiger partial charge on any atom is 0.295 e. The molecule has 0 spiro atoms. The molecule has 19 heavy (non-hydrogen) atoms. The Balaban J connectivity index is 2.67. The van der Waals surface area contributed by atoms with E-state index in [0.717, 1.165) is 0 Å². The number of nitro groups is 1. The third-order valence-corrected chi connectivity index (χ3v) is 2.81. The number of rotatable bonds is 3. The Kier molecular flexibility index (Phi) is 3.43. The molecule has 0 atom stereocenters. The predicted octanol–water partition coefficient (Wildman–Crippen LogP) is 3.51. The summed E-state index contributed by atoms with van der Waals surface area (Å²) in [6.45, 7) is 1.59. The fourth-order valence-corrected chi connectivity index (χ4v) is 1.91. The fourth-order valence-electron chi connectivity index (χ4n) is 1.91. The molecule has 2 N–H and O–H groups in total. The largest absolute Gasteiger partial charge is 0.295 e. The van der Waals surface area contributed by atoms with E-state index in [1.54, 1.807) is 36.7 Å². The molecular formula is C13H11FN2O3. The first-order valence-corrected chi connectivity index (χ1v) is 5.48. The van der Waals surface area contributed by atoms with Crippen LogP contribution in [-0.4, -0.2) is 10.1 Å². The number of halogens is 1. The number of benzene rings is 2.